The molecule has 0 spiro atoms. The van der Waals surface area contributed by atoms with Gasteiger partial charge in [0.25, 0.3) is 0 Å². The quantitative estimate of drug-likeness (QED) is 0.830. The van der Waals surface area contributed by atoms with Gasteiger partial charge in [0.15, 0.2) is 0 Å². The van der Waals surface area contributed by atoms with E-state index < -0.39 is 0 Å². The molecule has 2 heterocycles. The van der Waals surface area contributed by atoms with Crippen LogP contribution in [0.25, 0.3) is 0 Å². The van der Waals surface area contributed by atoms with Gasteiger partial charge in [0.2, 0.25) is 0 Å². The number of fused-ring (bicyclic) bond motifs is 1. The van der Waals surface area contributed by atoms with E-state index in [1.54, 1.807) is 0 Å². The average Bonchev–Trinajstić information content (AvgIpc) is 2.76. The van der Waals surface area contributed by atoms with Crippen molar-refractivity contribution in [1.29, 1.82) is 0 Å². The van der Waals surface area contributed by atoms with E-state index >= 15 is 0 Å². The first kappa shape index (κ1) is 11.8. The maximum absolute atomic E-state index is 3.72. The molecule has 92 valence electrons. The van der Waals surface area contributed by atoms with Crippen LogP contribution in [-0.2, 0) is 0 Å². The number of benzene rings is 1. The van der Waals surface area contributed by atoms with E-state index in [2.05, 4.69) is 57.1 Å². The molecule has 0 bridgehead atoms. The highest BCUT2D eigenvalue weighted by molar-refractivity contribution is 14.1. The van der Waals surface area contributed by atoms with Crippen LogP contribution in [0.3, 0.4) is 0 Å². The fourth-order valence-corrected chi connectivity index (χ4v) is 3.54. The van der Waals surface area contributed by atoms with E-state index in [1.807, 2.05) is 0 Å². The van der Waals surface area contributed by atoms with Crippen LogP contribution in [0.1, 0.15) is 25.7 Å². The fourth-order valence-electron chi connectivity index (χ4n) is 3.18. The van der Waals surface area contributed by atoms with Crippen LogP contribution in [0, 0.1) is 3.57 Å². The second-order valence-corrected chi connectivity index (χ2v) is 6.39. The minimum atomic E-state index is 0.662. The number of hydrogen-bond acceptors (Lipinski definition) is 2. The van der Waals surface area contributed by atoms with Crippen LogP contribution in [0.2, 0.25) is 0 Å². The number of nitrogens with one attached hydrogen (secondary N) is 1. The SMILES string of the molecule is Ic1ccc(NC2CCN3CCCCC23)cc1. The van der Waals surface area contributed by atoms with Gasteiger partial charge in [-0.15, -0.1) is 0 Å². The lowest BCUT2D eigenvalue weighted by Gasteiger charge is -2.33. The third kappa shape index (κ3) is 2.60. The van der Waals surface area contributed by atoms with Gasteiger partial charge in [0, 0.05) is 27.9 Å². The first-order valence-corrected chi connectivity index (χ1v) is 7.67. The molecular weight excluding hydrogens is 323 g/mol. The van der Waals surface area contributed by atoms with Gasteiger partial charge in [0.05, 0.1) is 0 Å². The summed E-state index contributed by atoms with van der Waals surface area (Å²) in [6.45, 7) is 2.60. The molecule has 17 heavy (non-hydrogen) atoms. The van der Waals surface area contributed by atoms with Crippen molar-refractivity contribution in [3.63, 3.8) is 0 Å². The molecule has 2 unspecified atom stereocenters. The summed E-state index contributed by atoms with van der Waals surface area (Å²) >= 11 is 2.35. The van der Waals surface area contributed by atoms with Gasteiger partial charge in [-0.3, -0.25) is 4.90 Å². The normalized spacial score (nSPS) is 29.0. The van der Waals surface area contributed by atoms with Crippen molar-refractivity contribution in [3.05, 3.63) is 27.8 Å². The second-order valence-electron chi connectivity index (χ2n) is 5.15. The lowest BCUT2D eigenvalue weighted by Crippen LogP contribution is -2.41. The molecule has 1 aromatic rings. The number of piperidine rings is 1. The molecule has 3 rings (SSSR count). The number of halogens is 1. The summed E-state index contributed by atoms with van der Waals surface area (Å²) in [6, 6.07) is 10.2. The first-order chi connectivity index (χ1) is 8.33. The van der Waals surface area contributed by atoms with Crippen LogP contribution in [0.5, 0.6) is 0 Å². The predicted octanol–water partition coefficient (Wildman–Crippen LogP) is 3.33. The van der Waals surface area contributed by atoms with Gasteiger partial charge in [-0.25, -0.2) is 0 Å². The summed E-state index contributed by atoms with van der Waals surface area (Å²) in [5, 5.41) is 3.72. The molecule has 2 fully saturated rings. The minimum Gasteiger partial charge on any atom is -0.381 e. The van der Waals surface area contributed by atoms with Crippen LogP contribution in [-0.4, -0.2) is 30.1 Å². The Balaban J connectivity index is 1.67. The van der Waals surface area contributed by atoms with E-state index in [0.717, 1.165) is 6.04 Å². The fraction of sp³-hybridized carbons (Fsp3) is 0.571. The highest BCUT2D eigenvalue weighted by atomic mass is 127. The zero-order valence-corrected chi connectivity index (χ0v) is 12.2. The summed E-state index contributed by atoms with van der Waals surface area (Å²) in [5.41, 5.74) is 1.28. The van der Waals surface area contributed by atoms with E-state index in [0.29, 0.717) is 6.04 Å². The number of rotatable bonds is 2. The van der Waals surface area contributed by atoms with Crippen molar-refractivity contribution in [1.82, 2.24) is 4.90 Å². The van der Waals surface area contributed by atoms with Crippen molar-refractivity contribution >= 4 is 28.3 Å². The Morgan fingerprint density at radius 2 is 1.88 bits per heavy atom. The van der Waals surface area contributed by atoms with Crippen LogP contribution < -0.4 is 5.32 Å². The summed E-state index contributed by atoms with van der Waals surface area (Å²) in [5.74, 6) is 0. The van der Waals surface area contributed by atoms with Gasteiger partial charge in [-0.2, -0.15) is 0 Å². The first-order valence-electron chi connectivity index (χ1n) is 6.59. The molecule has 0 aliphatic carbocycles. The highest BCUT2D eigenvalue weighted by Crippen LogP contribution is 2.29. The van der Waals surface area contributed by atoms with E-state index in [4.69, 9.17) is 0 Å². The summed E-state index contributed by atoms with van der Waals surface area (Å²) in [6.07, 6.45) is 5.48. The lowest BCUT2D eigenvalue weighted by molar-refractivity contribution is 0.193. The molecule has 0 amide bonds. The zero-order valence-electron chi connectivity index (χ0n) is 10.0. The molecule has 0 radical (unpaired) electrons. The Morgan fingerprint density at radius 1 is 1.06 bits per heavy atom. The molecule has 2 saturated heterocycles. The summed E-state index contributed by atoms with van der Waals surface area (Å²) < 4.78 is 1.30. The largest absolute Gasteiger partial charge is 0.381 e. The molecule has 2 aliphatic rings. The maximum atomic E-state index is 3.72. The molecule has 0 aromatic heterocycles. The Kier molecular flexibility index (Phi) is 3.56. The monoisotopic (exact) mass is 342 g/mol. The van der Waals surface area contributed by atoms with E-state index in [-0.39, 0.29) is 0 Å². The standard InChI is InChI=1S/C14H19IN2/c15-11-4-6-12(7-5-11)16-13-8-10-17-9-2-1-3-14(13)17/h4-7,13-14,16H,1-3,8-10H2. The van der Waals surface area contributed by atoms with Gasteiger partial charge < -0.3 is 5.32 Å². The molecule has 2 aliphatic heterocycles. The van der Waals surface area contributed by atoms with Crippen molar-refractivity contribution in [3.8, 4) is 0 Å². The minimum absolute atomic E-state index is 0.662. The number of anilines is 1. The number of nitrogens with zero attached hydrogens (tertiary/aromatic N) is 1. The average molecular weight is 342 g/mol. The number of hydrogen-bond donors (Lipinski definition) is 1. The zero-order chi connectivity index (χ0) is 11.7. The third-order valence-corrected chi connectivity index (χ3v) is 4.77. The summed E-state index contributed by atoms with van der Waals surface area (Å²) in [4.78, 5) is 2.67. The second kappa shape index (κ2) is 5.14. The molecule has 1 N–H and O–H groups in total. The van der Waals surface area contributed by atoms with Gasteiger partial charge in [0.1, 0.15) is 0 Å². The maximum Gasteiger partial charge on any atom is 0.0428 e. The molecule has 2 atom stereocenters. The van der Waals surface area contributed by atoms with Crippen LogP contribution in [0.4, 0.5) is 5.69 Å². The smallest absolute Gasteiger partial charge is 0.0428 e. The van der Waals surface area contributed by atoms with Gasteiger partial charge in [-0.1, -0.05) is 6.42 Å². The summed E-state index contributed by atoms with van der Waals surface area (Å²) in [7, 11) is 0. The van der Waals surface area contributed by atoms with Crippen molar-refractivity contribution < 1.29 is 0 Å². The van der Waals surface area contributed by atoms with Crippen molar-refractivity contribution in [2.45, 2.75) is 37.8 Å². The van der Waals surface area contributed by atoms with Crippen molar-refractivity contribution in [2.24, 2.45) is 0 Å². The topological polar surface area (TPSA) is 15.3 Å². The molecule has 2 nitrogen and oxygen atoms in total. The Hall–Kier alpha value is -0.290. The molecule has 0 saturated carbocycles. The Morgan fingerprint density at radius 3 is 2.71 bits per heavy atom. The lowest BCUT2D eigenvalue weighted by atomic mass is 9.99. The van der Waals surface area contributed by atoms with Crippen LogP contribution >= 0.6 is 22.6 Å². The molecule has 3 heteroatoms. The highest BCUT2D eigenvalue weighted by Gasteiger charge is 2.35. The van der Waals surface area contributed by atoms with Gasteiger partial charge in [-0.05, 0) is 72.7 Å². The Bertz CT molecular complexity index is 376. The Labute approximate surface area is 117 Å². The van der Waals surface area contributed by atoms with Gasteiger partial charge >= 0.3 is 0 Å². The molecular formula is C14H19IN2. The van der Waals surface area contributed by atoms with Crippen LogP contribution in [0.15, 0.2) is 24.3 Å². The van der Waals surface area contributed by atoms with E-state index in [1.165, 1.54) is 48.0 Å². The molecule has 1 aromatic carbocycles. The predicted molar refractivity (Wildman–Crippen MR) is 80.4 cm³/mol. The van der Waals surface area contributed by atoms with E-state index in [9.17, 15) is 0 Å². The third-order valence-electron chi connectivity index (χ3n) is 4.05. The van der Waals surface area contributed by atoms with Crippen molar-refractivity contribution in [2.75, 3.05) is 18.4 Å².